The molecule has 2 aliphatic heterocycles. The molecule has 0 radical (unpaired) electrons. The summed E-state index contributed by atoms with van der Waals surface area (Å²) < 4.78 is 82.2. The van der Waals surface area contributed by atoms with Gasteiger partial charge in [-0.2, -0.15) is 26.3 Å². The number of aromatic amines is 1. The lowest BCUT2D eigenvalue weighted by molar-refractivity contribution is -0.147. The molecule has 1 spiro atoms. The average molecular weight is 609 g/mol. The third kappa shape index (κ3) is 4.79. The second-order valence-electron chi connectivity index (χ2n) is 10.9. The molecule has 1 saturated heterocycles. The first kappa shape index (κ1) is 27.2. The predicted octanol–water partition coefficient (Wildman–Crippen LogP) is 5.53. The smallest absolute Gasteiger partial charge is 0.356 e. The molecule has 2 N–H and O–H groups in total. The molecule has 7 rings (SSSR count). The van der Waals surface area contributed by atoms with Crippen molar-refractivity contribution in [1.29, 1.82) is 0 Å². The molecule has 3 aromatic heterocycles. The number of alkyl halides is 6. The van der Waals surface area contributed by atoms with Gasteiger partial charge < -0.3 is 20.1 Å². The average Bonchev–Trinajstić information content (AvgIpc) is 3.59. The Hall–Kier alpha value is -3.65. The Kier molecular flexibility index (Phi) is 6.11. The maximum Gasteiger partial charge on any atom is 0.433 e. The zero-order chi connectivity index (χ0) is 29.4. The van der Waals surface area contributed by atoms with Crippen LogP contribution in [-0.4, -0.2) is 56.6 Å². The fraction of sp³-hybridized carbons (Fsp3) is 0.407. The van der Waals surface area contributed by atoms with E-state index in [2.05, 4.69) is 35.1 Å². The van der Waals surface area contributed by atoms with Gasteiger partial charge in [0.25, 0.3) is 0 Å². The quantitative estimate of drug-likeness (QED) is 0.296. The first-order chi connectivity index (χ1) is 19.9. The normalized spacial score (nSPS) is 20.3. The highest BCUT2D eigenvalue weighted by molar-refractivity contribution is 6.31. The highest BCUT2D eigenvalue weighted by Gasteiger charge is 2.46. The van der Waals surface area contributed by atoms with Gasteiger partial charge in [0.1, 0.15) is 6.04 Å². The van der Waals surface area contributed by atoms with Crippen LogP contribution in [0.2, 0.25) is 5.02 Å². The molecular weight excluding hydrogens is 586 g/mol. The molecule has 2 fully saturated rings. The molecule has 1 atom stereocenters. The van der Waals surface area contributed by atoms with Gasteiger partial charge in [-0.1, -0.05) is 11.6 Å². The third-order valence-corrected chi connectivity index (χ3v) is 8.36. The monoisotopic (exact) mass is 608 g/mol. The van der Waals surface area contributed by atoms with E-state index >= 15 is 0 Å². The summed E-state index contributed by atoms with van der Waals surface area (Å²) in [6.45, 7) is 2.30. The molecule has 8 nitrogen and oxygen atoms in total. The molecule has 0 unspecified atom stereocenters. The number of fused-ring (bicyclic) bond motifs is 3. The molecule has 3 aliphatic rings. The molecule has 220 valence electrons. The van der Waals surface area contributed by atoms with Crippen molar-refractivity contribution < 1.29 is 26.3 Å². The summed E-state index contributed by atoms with van der Waals surface area (Å²) in [6.07, 6.45) is -4.65. The topological polar surface area (TPSA) is 85.9 Å². The van der Waals surface area contributed by atoms with Crippen molar-refractivity contribution in [3.8, 4) is 0 Å². The largest absolute Gasteiger partial charge is 0.433 e. The van der Waals surface area contributed by atoms with Crippen molar-refractivity contribution in [3.63, 3.8) is 0 Å². The third-order valence-electron chi connectivity index (χ3n) is 8.13. The first-order valence-electron chi connectivity index (χ1n) is 13.3. The van der Waals surface area contributed by atoms with E-state index < -0.39 is 35.7 Å². The van der Waals surface area contributed by atoms with Gasteiger partial charge in [-0.3, -0.25) is 0 Å². The number of piperazine rings is 1. The zero-order valence-corrected chi connectivity index (χ0v) is 22.6. The fourth-order valence-corrected chi connectivity index (χ4v) is 6.10. The number of nitrogens with one attached hydrogen (secondary N) is 2. The van der Waals surface area contributed by atoms with Crippen LogP contribution in [0.25, 0.3) is 10.9 Å². The van der Waals surface area contributed by atoms with E-state index in [0.717, 1.165) is 42.4 Å². The van der Waals surface area contributed by atoms with Crippen LogP contribution in [0.15, 0.2) is 36.7 Å². The van der Waals surface area contributed by atoms with E-state index in [0.29, 0.717) is 35.2 Å². The summed E-state index contributed by atoms with van der Waals surface area (Å²) in [5, 5.41) is 4.84. The van der Waals surface area contributed by atoms with E-state index in [1.807, 2.05) is 0 Å². The van der Waals surface area contributed by atoms with E-state index in [1.165, 1.54) is 4.90 Å². The van der Waals surface area contributed by atoms with Crippen LogP contribution in [0.3, 0.4) is 0 Å². The van der Waals surface area contributed by atoms with E-state index in [1.54, 1.807) is 30.6 Å². The molecule has 1 aromatic carbocycles. The Morgan fingerprint density at radius 1 is 0.905 bits per heavy atom. The summed E-state index contributed by atoms with van der Waals surface area (Å²) in [7, 11) is 0. The lowest BCUT2D eigenvalue weighted by Gasteiger charge is -2.37. The van der Waals surface area contributed by atoms with Crippen LogP contribution in [-0.2, 0) is 18.8 Å². The number of benzene rings is 1. The van der Waals surface area contributed by atoms with Gasteiger partial charge in [0.15, 0.2) is 11.4 Å². The maximum atomic E-state index is 13.7. The van der Waals surface area contributed by atoms with Crippen LogP contribution in [0, 0.1) is 0 Å². The van der Waals surface area contributed by atoms with Gasteiger partial charge in [-0.05, 0) is 49.1 Å². The van der Waals surface area contributed by atoms with Gasteiger partial charge in [-0.25, -0.2) is 19.9 Å². The van der Waals surface area contributed by atoms with E-state index in [9.17, 15) is 26.3 Å². The molecule has 4 aromatic rings. The number of hydrogen-bond acceptors (Lipinski definition) is 7. The lowest BCUT2D eigenvalue weighted by Crippen LogP contribution is -2.53. The minimum Gasteiger partial charge on any atom is -0.356 e. The first-order valence-corrected chi connectivity index (χ1v) is 13.7. The number of halogens is 7. The highest BCUT2D eigenvalue weighted by Crippen LogP contribution is 2.43. The van der Waals surface area contributed by atoms with Gasteiger partial charge in [-0.15, -0.1) is 0 Å². The van der Waals surface area contributed by atoms with Gasteiger partial charge in [0.05, 0.1) is 0 Å². The molecule has 15 heteroatoms. The summed E-state index contributed by atoms with van der Waals surface area (Å²) >= 11 is 6.25. The Labute approximate surface area is 240 Å². The molecule has 5 heterocycles. The SMILES string of the molecule is FC(F)(F)c1cc(C(F)(F)F)nc(N2CCc3c([nH]c4ccc(Cl)cc34)[C@@H]2c2cnc(N3CCNC4(CC4)C3)nc2)n1. The predicted molar refractivity (Wildman–Crippen MR) is 142 cm³/mol. The van der Waals surface area contributed by atoms with Crippen molar-refractivity contribution in [2.75, 3.05) is 36.0 Å². The van der Waals surface area contributed by atoms with Crippen LogP contribution in [0.1, 0.15) is 47.1 Å². The summed E-state index contributed by atoms with van der Waals surface area (Å²) in [5.74, 6) is -0.182. The van der Waals surface area contributed by atoms with Gasteiger partial charge >= 0.3 is 12.4 Å². The lowest BCUT2D eigenvalue weighted by atomic mass is 9.94. The standard InChI is InChI=1S/C27H23ClF6N8/c28-15-1-2-18-17(9-15)16-3-7-42(24-39-19(26(29,30)31)10-20(40-24)27(32,33)34)22(21(16)38-18)14-11-35-23(36-12-14)41-8-6-37-25(13-41)4-5-25/h1-2,9-12,22,37-38H,3-8,13H2/t22-/m0/s1. The molecular formula is C27H23ClF6N8. The Morgan fingerprint density at radius 3 is 2.24 bits per heavy atom. The van der Waals surface area contributed by atoms with Gasteiger partial charge in [0.2, 0.25) is 11.9 Å². The van der Waals surface area contributed by atoms with Crippen molar-refractivity contribution in [2.45, 2.75) is 43.2 Å². The Bertz CT molecular complexity index is 1630. The van der Waals surface area contributed by atoms with Crippen LogP contribution in [0.4, 0.5) is 38.2 Å². The summed E-state index contributed by atoms with van der Waals surface area (Å²) in [5.41, 5.74) is -0.660. The Morgan fingerprint density at radius 2 is 1.60 bits per heavy atom. The van der Waals surface area contributed by atoms with Crippen molar-refractivity contribution in [1.82, 2.24) is 30.2 Å². The van der Waals surface area contributed by atoms with Crippen LogP contribution < -0.4 is 15.1 Å². The molecule has 0 amide bonds. The minimum absolute atomic E-state index is 0.0395. The van der Waals surface area contributed by atoms with Crippen LogP contribution in [0.5, 0.6) is 0 Å². The van der Waals surface area contributed by atoms with Crippen molar-refractivity contribution >= 4 is 34.4 Å². The summed E-state index contributed by atoms with van der Waals surface area (Å²) in [4.78, 5) is 23.0. The number of anilines is 2. The summed E-state index contributed by atoms with van der Waals surface area (Å²) in [6, 6.07) is 4.28. The number of aromatic nitrogens is 5. The maximum absolute atomic E-state index is 13.7. The number of rotatable bonds is 3. The van der Waals surface area contributed by atoms with Gasteiger partial charge in [0, 0.05) is 71.3 Å². The Balaban J connectivity index is 1.34. The zero-order valence-electron chi connectivity index (χ0n) is 21.8. The van der Waals surface area contributed by atoms with Crippen molar-refractivity contribution in [2.24, 2.45) is 0 Å². The fourth-order valence-electron chi connectivity index (χ4n) is 5.92. The minimum atomic E-state index is -5.11. The number of H-pyrrole nitrogens is 1. The second-order valence-corrected chi connectivity index (χ2v) is 11.4. The van der Waals surface area contributed by atoms with E-state index in [-0.39, 0.29) is 18.2 Å². The number of hydrogen-bond donors (Lipinski definition) is 2. The molecule has 0 bridgehead atoms. The second kappa shape index (κ2) is 9.43. The van der Waals surface area contributed by atoms with E-state index in [4.69, 9.17) is 11.6 Å². The molecule has 1 saturated carbocycles. The number of nitrogens with zero attached hydrogens (tertiary/aromatic N) is 6. The molecule has 42 heavy (non-hydrogen) atoms. The van der Waals surface area contributed by atoms with Crippen molar-refractivity contribution in [3.05, 3.63) is 69.9 Å². The molecule has 1 aliphatic carbocycles. The highest BCUT2D eigenvalue weighted by atomic mass is 35.5. The van der Waals surface area contributed by atoms with Crippen LogP contribution >= 0.6 is 11.6 Å².